The van der Waals surface area contributed by atoms with E-state index in [0.29, 0.717) is 6.42 Å². The van der Waals surface area contributed by atoms with Gasteiger partial charge in [0.25, 0.3) is 0 Å². The Bertz CT molecular complexity index is 315. The third-order valence-corrected chi connectivity index (χ3v) is 1.77. The second-order valence-electron chi connectivity index (χ2n) is 3.80. The van der Waals surface area contributed by atoms with Gasteiger partial charge in [-0.15, -0.1) is 0 Å². The molecule has 0 amide bonds. The van der Waals surface area contributed by atoms with Gasteiger partial charge in [0.2, 0.25) is 0 Å². The summed E-state index contributed by atoms with van der Waals surface area (Å²) < 4.78 is 9.39. The number of aliphatic hydroxyl groups is 1. The highest BCUT2D eigenvalue weighted by atomic mass is 16.8. The largest absolute Gasteiger partial charge is 0.395 e. The van der Waals surface area contributed by atoms with Crippen molar-refractivity contribution in [3.8, 4) is 0 Å². The lowest BCUT2D eigenvalue weighted by Crippen LogP contribution is -2.40. The van der Waals surface area contributed by atoms with E-state index < -0.39 is 17.9 Å². The second-order valence-corrected chi connectivity index (χ2v) is 3.80. The number of esters is 2. The Hall–Kier alpha value is -1.62. The minimum absolute atomic E-state index is 0.0228. The molecule has 0 fully saturated rings. The van der Waals surface area contributed by atoms with Crippen LogP contribution >= 0.6 is 0 Å². The quantitative estimate of drug-likeness (QED) is 0.435. The zero-order valence-electron chi connectivity index (χ0n) is 10.4. The van der Waals surface area contributed by atoms with E-state index >= 15 is 0 Å². The molecule has 1 N–H and O–H groups in total. The van der Waals surface area contributed by atoms with Crippen molar-refractivity contribution >= 4 is 11.9 Å². The summed E-state index contributed by atoms with van der Waals surface area (Å²) in [6.07, 6.45) is 0.439. The standard InChI is InChI=1S/C12H18O5/c1-6-7-12(15,16-10(13)8(2)3)17-11(14)9(4)5/h15H,2,4,6-7H2,1,3,5H3. The van der Waals surface area contributed by atoms with E-state index in [-0.39, 0.29) is 17.6 Å². The molecule has 0 bridgehead atoms. The van der Waals surface area contributed by atoms with E-state index in [1.807, 2.05) is 0 Å². The van der Waals surface area contributed by atoms with Crippen LogP contribution in [0.1, 0.15) is 33.6 Å². The van der Waals surface area contributed by atoms with Gasteiger partial charge in [-0.2, -0.15) is 0 Å². The van der Waals surface area contributed by atoms with Crippen LogP contribution < -0.4 is 0 Å². The zero-order valence-corrected chi connectivity index (χ0v) is 10.4. The van der Waals surface area contributed by atoms with Gasteiger partial charge in [-0.05, 0) is 20.3 Å². The van der Waals surface area contributed by atoms with Crippen LogP contribution in [0.3, 0.4) is 0 Å². The molecule has 0 aliphatic heterocycles. The van der Waals surface area contributed by atoms with Gasteiger partial charge < -0.3 is 14.6 Å². The summed E-state index contributed by atoms with van der Waals surface area (Å²) >= 11 is 0. The van der Waals surface area contributed by atoms with Crippen molar-refractivity contribution in [2.75, 3.05) is 0 Å². The van der Waals surface area contributed by atoms with Crippen molar-refractivity contribution in [3.05, 3.63) is 24.3 Å². The number of carbonyl (C=O) groups is 2. The average Bonchev–Trinajstić information content (AvgIpc) is 2.16. The fraction of sp³-hybridized carbons (Fsp3) is 0.500. The molecule has 0 atom stereocenters. The maximum Gasteiger partial charge on any atom is 0.373 e. The molecule has 0 aromatic heterocycles. The van der Waals surface area contributed by atoms with Crippen LogP contribution in [0, 0.1) is 0 Å². The molecule has 0 aliphatic carbocycles. The van der Waals surface area contributed by atoms with Crippen LogP contribution in [0.2, 0.25) is 0 Å². The van der Waals surface area contributed by atoms with Gasteiger partial charge in [0, 0.05) is 11.1 Å². The summed E-state index contributed by atoms with van der Waals surface area (Å²) in [4.78, 5) is 22.6. The monoisotopic (exact) mass is 242 g/mol. The van der Waals surface area contributed by atoms with Crippen molar-refractivity contribution in [2.24, 2.45) is 0 Å². The first-order valence-corrected chi connectivity index (χ1v) is 5.22. The predicted molar refractivity (Wildman–Crippen MR) is 61.7 cm³/mol. The molecule has 0 radical (unpaired) electrons. The van der Waals surface area contributed by atoms with Crippen molar-refractivity contribution in [2.45, 2.75) is 39.6 Å². The minimum atomic E-state index is -2.26. The van der Waals surface area contributed by atoms with Crippen molar-refractivity contribution in [1.29, 1.82) is 0 Å². The highest BCUT2D eigenvalue weighted by Gasteiger charge is 2.35. The van der Waals surface area contributed by atoms with Gasteiger partial charge in [-0.1, -0.05) is 20.1 Å². The summed E-state index contributed by atoms with van der Waals surface area (Å²) in [6, 6.07) is 0. The molecule has 0 rings (SSSR count). The van der Waals surface area contributed by atoms with E-state index in [1.165, 1.54) is 13.8 Å². The molecule has 0 saturated heterocycles. The van der Waals surface area contributed by atoms with Gasteiger partial charge in [0.1, 0.15) is 0 Å². The molecule has 0 heterocycles. The van der Waals surface area contributed by atoms with Crippen LogP contribution in [0.4, 0.5) is 0 Å². The highest BCUT2D eigenvalue weighted by molar-refractivity contribution is 5.88. The highest BCUT2D eigenvalue weighted by Crippen LogP contribution is 2.19. The topological polar surface area (TPSA) is 72.8 Å². The zero-order chi connectivity index (χ0) is 13.6. The smallest absolute Gasteiger partial charge is 0.373 e. The number of carbonyl (C=O) groups excluding carboxylic acids is 2. The van der Waals surface area contributed by atoms with E-state index in [2.05, 4.69) is 13.2 Å². The lowest BCUT2D eigenvalue weighted by atomic mass is 10.3. The van der Waals surface area contributed by atoms with E-state index in [0.717, 1.165) is 0 Å². The lowest BCUT2D eigenvalue weighted by molar-refractivity contribution is -0.324. The first-order valence-electron chi connectivity index (χ1n) is 5.22. The van der Waals surface area contributed by atoms with E-state index in [1.54, 1.807) is 6.92 Å². The summed E-state index contributed by atoms with van der Waals surface area (Å²) in [5.41, 5.74) is 0.205. The first kappa shape index (κ1) is 15.4. The van der Waals surface area contributed by atoms with Gasteiger partial charge in [-0.25, -0.2) is 9.59 Å². The van der Waals surface area contributed by atoms with Crippen LogP contribution in [0.15, 0.2) is 24.3 Å². The molecule has 0 aliphatic rings. The Labute approximate surface area is 101 Å². The Kier molecular flexibility index (Phi) is 5.61. The normalized spacial score (nSPS) is 10.6. The van der Waals surface area contributed by atoms with Gasteiger partial charge in [0.15, 0.2) is 0 Å². The molecule has 5 heteroatoms. The Morgan fingerprint density at radius 1 is 1.12 bits per heavy atom. The Morgan fingerprint density at radius 3 is 1.71 bits per heavy atom. The molecule has 0 saturated carbocycles. The maximum atomic E-state index is 11.3. The van der Waals surface area contributed by atoms with E-state index in [4.69, 9.17) is 9.47 Å². The minimum Gasteiger partial charge on any atom is -0.395 e. The molecular formula is C12H18O5. The fourth-order valence-electron chi connectivity index (χ4n) is 0.903. The molecule has 96 valence electrons. The summed E-state index contributed by atoms with van der Waals surface area (Å²) in [6.45, 7) is 11.3. The Morgan fingerprint density at radius 2 is 1.47 bits per heavy atom. The average molecular weight is 242 g/mol. The molecule has 0 aromatic rings. The van der Waals surface area contributed by atoms with Crippen LogP contribution in [-0.4, -0.2) is 23.0 Å². The third kappa shape index (κ3) is 5.31. The maximum absolute atomic E-state index is 11.3. The third-order valence-electron chi connectivity index (χ3n) is 1.77. The summed E-state index contributed by atoms with van der Waals surface area (Å²) in [5, 5.41) is 9.88. The molecule has 17 heavy (non-hydrogen) atoms. The molecule has 0 spiro atoms. The van der Waals surface area contributed by atoms with Crippen molar-refractivity contribution < 1.29 is 24.2 Å². The van der Waals surface area contributed by atoms with E-state index in [9.17, 15) is 14.7 Å². The molecule has 0 unspecified atom stereocenters. The van der Waals surface area contributed by atoms with Gasteiger partial charge >= 0.3 is 17.9 Å². The summed E-state index contributed by atoms with van der Waals surface area (Å²) in [7, 11) is 0. The van der Waals surface area contributed by atoms with Gasteiger partial charge in [-0.3, -0.25) is 0 Å². The number of hydrogen-bond acceptors (Lipinski definition) is 5. The molecular weight excluding hydrogens is 224 g/mol. The number of ether oxygens (including phenoxy) is 2. The van der Waals surface area contributed by atoms with Crippen LogP contribution in [0.5, 0.6) is 0 Å². The number of hydrogen-bond donors (Lipinski definition) is 1. The van der Waals surface area contributed by atoms with Crippen molar-refractivity contribution in [1.82, 2.24) is 0 Å². The lowest BCUT2D eigenvalue weighted by Gasteiger charge is -2.26. The van der Waals surface area contributed by atoms with Crippen molar-refractivity contribution in [3.63, 3.8) is 0 Å². The first-order chi connectivity index (χ1) is 7.72. The summed E-state index contributed by atoms with van der Waals surface area (Å²) in [5.74, 6) is -3.91. The fourth-order valence-corrected chi connectivity index (χ4v) is 0.903. The Balaban J connectivity index is 4.78. The van der Waals surface area contributed by atoms with Crippen LogP contribution in [-0.2, 0) is 19.1 Å². The SMILES string of the molecule is C=C(C)C(=O)OC(O)(CCC)OC(=O)C(=C)C. The number of rotatable bonds is 6. The predicted octanol–water partition coefficient (Wildman–Crippen LogP) is 1.67. The van der Waals surface area contributed by atoms with Crippen LogP contribution in [0.25, 0.3) is 0 Å². The molecule has 0 aromatic carbocycles. The second kappa shape index (κ2) is 6.20. The molecule has 5 nitrogen and oxygen atoms in total. The van der Waals surface area contributed by atoms with Gasteiger partial charge in [0.05, 0.1) is 6.42 Å².